The number of amides is 1. The molecule has 2 rings (SSSR count). The van der Waals surface area contributed by atoms with Crippen molar-refractivity contribution in [2.75, 3.05) is 17.8 Å². The van der Waals surface area contributed by atoms with E-state index < -0.39 is 5.97 Å². The number of nitrogens with zero attached hydrogens (tertiary/aromatic N) is 3. The van der Waals surface area contributed by atoms with Crippen LogP contribution in [0.5, 0.6) is 0 Å². The highest BCUT2D eigenvalue weighted by Crippen LogP contribution is 2.33. The maximum absolute atomic E-state index is 12.8. The van der Waals surface area contributed by atoms with Gasteiger partial charge < -0.3 is 10.1 Å². The molecular weight excluding hydrogens is 380 g/mol. The van der Waals surface area contributed by atoms with Crippen molar-refractivity contribution < 1.29 is 14.3 Å². The zero-order valence-electron chi connectivity index (χ0n) is 14.7. The minimum Gasteiger partial charge on any atom is -0.458 e. The third-order valence-corrected chi connectivity index (χ3v) is 5.85. The summed E-state index contributed by atoms with van der Waals surface area (Å²) in [6, 6.07) is 0. The Balaban J connectivity index is 2.33. The highest BCUT2D eigenvalue weighted by atomic mass is 32.2. The summed E-state index contributed by atoms with van der Waals surface area (Å²) < 4.78 is 11.9. The van der Waals surface area contributed by atoms with Crippen LogP contribution in [-0.2, 0) is 11.3 Å². The van der Waals surface area contributed by atoms with E-state index in [0.717, 1.165) is 4.21 Å². The number of hydrogen-bond acceptors (Lipinski definition) is 8. The molecule has 0 aliphatic carbocycles. The molecule has 0 spiro atoms. The molecule has 1 amide bonds. The van der Waals surface area contributed by atoms with E-state index in [-0.39, 0.29) is 17.7 Å². The second-order valence-corrected chi connectivity index (χ2v) is 7.86. The van der Waals surface area contributed by atoms with Crippen LogP contribution in [0.4, 0.5) is 5.69 Å². The first-order valence-electron chi connectivity index (χ1n) is 7.58. The predicted molar refractivity (Wildman–Crippen MR) is 102 cm³/mol. The third kappa shape index (κ3) is 4.56. The molecule has 0 atom stereocenters. The van der Waals surface area contributed by atoms with Gasteiger partial charge in [0.25, 0.3) is 5.91 Å². The monoisotopic (exact) mass is 400 g/mol. The highest BCUT2D eigenvalue weighted by Gasteiger charge is 2.25. The van der Waals surface area contributed by atoms with Gasteiger partial charge in [-0.3, -0.25) is 9.48 Å². The zero-order chi connectivity index (χ0) is 18.6. The minimum atomic E-state index is -0.559. The van der Waals surface area contributed by atoms with E-state index in [1.807, 2.05) is 19.4 Å². The number of nitrogens with one attached hydrogen (secondary N) is 1. The fourth-order valence-electron chi connectivity index (χ4n) is 2.01. The van der Waals surface area contributed by atoms with Gasteiger partial charge in [0.1, 0.15) is 5.03 Å². The smallest absolute Gasteiger partial charge is 0.361 e. The van der Waals surface area contributed by atoms with Crippen LogP contribution in [0.2, 0.25) is 0 Å². The average Bonchev–Trinajstić information content (AvgIpc) is 3.17. The molecule has 0 saturated carbocycles. The van der Waals surface area contributed by atoms with Crippen molar-refractivity contribution in [3.63, 3.8) is 0 Å². The summed E-state index contributed by atoms with van der Waals surface area (Å²) in [4.78, 5) is 25.0. The molecule has 0 fully saturated rings. The van der Waals surface area contributed by atoms with Crippen molar-refractivity contribution in [1.82, 2.24) is 14.2 Å². The Morgan fingerprint density at radius 1 is 1.36 bits per heavy atom. The molecule has 10 heteroatoms. The quantitative estimate of drug-likeness (QED) is 0.561. The lowest BCUT2D eigenvalue weighted by atomic mass is 10.3. The number of carbonyl (C=O) groups excluding carboxylic acids is 2. The lowest BCUT2D eigenvalue weighted by molar-refractivity contribution is 0.0371. The van der Waals surface area contributed by atoms with Crippen LogP contribution in [0, 0.1) is 0 Å². The van der Waals surface area contributed by atoms with Gasteiger partial charge in [-0.2, -0.15) is 9.47 Å². The first kappa shape index (κ1) is 19.8. The SMILES string of the molecule is CCn1cc(NC(=O)c2c(SC)nsc2SC)c(C(=O)OC(C)C)n1. The average molecular weight is 401 g/mol. The van der Waals surface area contributed by atoms with Gasteiger partial charge in [0, 0.05) is 12.7 Å². The van der Waals surface area contributed by atoms with E-state index in [9.17, 15) is 9.59 Å². The highest BCUT2D eigenvalue weighted by molar-refractivity contribution is 8.01. The Bertz CT molecular complexity index is 749. The number of thioether (sulfide) groups is 2. The van der Waals surface area contributed by atoms with E-state index in [0.29, 0.717) is 22.8 Å². The molecule has 0 unspecified atom stereocenters. The largest absolute Gasteiger partial charge is 0.458 e. The lowest BCUT2D eigenvalue weighted by Crippen LogP contribution is -2.17. The predicted octanol–water partition coefficient (Wildman–Crippen LogP) is 3.62. The van der Waals surface area contributed by atoms with Gasteiger partial charge in [-0.15, -0.1) is 23.5 Å². The summed E-state index contributed by atoms with van der Waals surface area (Å²) in [6.45, 7) is 6.00. The van der Waals surface area contributed by atoms with Crippen LogP contribution in [-0.4, -0.2) is 44.6 Å². The van der Waals surface area contributed by atoms with E-state index >= 15 is 0 Å². The molecule has 7 nitrogen and oxygen atoms in total. The van der Waals surface area contributed by atoms with Gasteiger partial charge >= 0.3 is 5.97 Å². The van der Waals surface area contributed by atoms with Gasteiger partial charge in [0.15, 0.2) is 5.69 Å². The Hall–Kier alpha value is -1.52. The number of anilines is 1. The standard InChI is InChI=1S/C15H20N4O3S3/c1-6-19-7-9(11(17-19)14(21)22-8(2)3)16-12(20)10-13(23-4)18-25-15(10)24-5/h7-8H,6H2,1-5H3,(H,16,20). The van der Waals surface area contributed by atoms with Gasteiger partial charge in [-0.25, -0.2) is 4.79 Å². The second-order valence-electron chi connectivity index (χ2n) is 5.21. The van der Waals surface area contributed by atoms with Crippen molar-refractivity contribution in [3.05, 3.63) is 17.5 Å². The van der Waals surface area contributed by atoms with Crippen molar-refractivity contribution in [1.29, 1.82) is 0 Å². The lowest BCUT2D eigenvalue weighted by Gasteiger charge is -2.08. The molecule has 25 heavy (non-hydrogen) atoms. The Morgan fingerprint density at radius 3 is 2.64 bits per heavy atom. The van der Waals surface area contributed by atoms with Crippen molar-refractivity contribution in [3.8, 4) is 0 Å². The van der Waals surface area contributed by atoms with Crippen LogP contribution in [0.1, 0.15) is 41.6 Å². The van der Waals surface area contributed by atoms with Crippen molar-refractivity contribution in [2.24, 2.45) is 0 Å². The summed E-state index contributed by atoms with van der Waals surface area (Å²) in [5, 5.41) is 7.66. The molecule has 0 aromatic carbocycles. The van der Waals surface area contributed by atoms with Crippen LogP contribution in [0.15, 0.2) is 15.4 Å². The zero-order valence-corrected chi connectivity index (χ0v) is 17.1. The maximum Gasteiger partial charge on any atom is 0.361 e. The summed E-state index contributed by atoms with van der Waals surface area (Å²) in [7, 11) is 0. The van der Waals surface area contributed by atoms with Crippen LogP contribution in [0.3, 0.4) is 0 Å². The van der Waals surface area contributed by atoms with Gasteiger partial charge in [-0.05, 0) is 44.8 Å². The topological polar surface area (TPSA) is 86.1 Å². The fourth-order valence-corrected chi connectivity index (χ4v) is 4.29. The molecule has 2 aromatic heterocycles. The second kappa shape index (κ2) is 8.72. The molecule has 0 radical (unpaired) electrons. The van der Waals surface area contributed by atoms with E-state index in [1.54, 1.807) is 24.7 Å². The van der Waals surface area contributed by atoms with Gasteiger partial charge in [0.05, 0.1) is 21.6 Å². The molecule has 0 bridgehead atoms. The van der Waals surface area contributed by atoms with E-state index in [2.05, 4.69) is 14.8 Å². The molecule has 2 aromatic rings. The normalized spacial score (nSPS) is 11.0. The molecule has 0 aliphatic rings. The Kier molecular flexibility index (Phi) is 6.91. The first-order valence-corrected chi connectivity index (χ1v) is 10.8. The van der Waals surface area contributed by atoms with Crippen molar-refractivity contribution in [2.45, 2.75) is 42.7 Å². The van der Waals surface area contributed by atoms with E-state index in [4.69, 9.17) is 4.74 Å². The fraction of sp³-hybridized carbons (Fsp3) is 0.467. The Labute approximate surface area is 159 Å². The molecule has 2 heterocycles. The molecule has 0 saturated heterocycles. The van der Waals surface area contributed by atoms with E-state index in [1.165, 1.54) is 35.1 Å². The number of carbonyl (C=O) groups is 2. The number of esters is 1. The summed E-state index contributed by atoms with van der Waals surface area (Å²) in [6.07, 6.45) is 5.13. The first-order chi connectivity index (χ1) is 11.9. The number of hydrogen-bond donors (Lipinski definition) is 1. The van der Waals surface area contributed by atoms with Crippen LogP contribution < -0.4 is 5.32 Å². The molecular formula is C15H20N4O3S3. The summed E-state index contributed by atoms with van der Waals surface area (Å²) in [5.74, 6) is -0.868. The maximum atomic E-state index is 12.8. The number of aryl methyl sites for hydroxylation is 1. The van der Waals surface area contributed by atoms with Crippen LogP contribution >= 0.6 is 35.1 Å². The summed E-state index contributed by atoms with van der Waals surface area (Å²) in [5.41, 5.74) is 0.962. The van der Waals surface area contributed by atoms with Gasteiger partial charge in [-0.1, -0.05) is 0 Å². The number of aromatic nitrogens is 3. The third-order valence-electron chi connectivity index (χ3n) is 3.11. The molecule has 1 N–H and O–H groups in total. The number of ether oxygens (including phenoxy) is 1. The number of rotatable bonds is 7. The molecule has 0 aliphatic heterocycles. The van der Waals surface area contributed by atoms with Crippen LogP contribution in [0.25, 0.3) is 0 Å². The minimum absolute atomic E-state index is 0.100. The summed E-state index contributed by atoms with van der Waals surface area (Å²) >= 11 is 4.17. The van der Waals surface area contributed by atoms with Gasteiger partial charge in [0.2, 0.25) is 0 Å². The molecule has 136 valence electrons. The Morgan fingerprint density at radius 2 is 2.08 bits per heavy atom. The van der Waals surface area contributed by atoms with Crippen molar-refractivity contribution >= 4 is 52.6 Å².